The number of hydrogen-bond donors (Lipinski definition) is 3. The molecule has 2 aromatic carbocycles. The van der Waals surface area contributed by atoms with E-state index in [0.717, 1.165) is 28.7 Å². The van der Waals surface area contributed by atoms with Crippen LogP contribution in [-0.2, 0) is 19.2 Å². The second-order valence-corrected chi connectivity index (χ2v) is 15.7. The van der Waals surface area contributed by atoms with Crippen LogP contribution in [0.1, 0.15) is 82.4 Å². The first-order valence-electron chi connectivity index (χ1n) is 20.2. The fourth-order valence-corrected chi connectivity index (χ4v) is 8.59. The monoisotopic (exact) mass is 861 g/mol. The van der Waals surface area contributed by atoms with Gasteiger partial charge in [-0.05, 0) is 50.3 Å². The Balaban J connectivity index is 0.880. The zero-order chi connectivity index (χ0) is 44.0. The summed E-state index contributed by atoms with van der Waals surface area (Å²) >= 11 is 0. The van der Waals surface area contributed by atoms with E-state index in [1.165, 1.54) is 54.4 Å². The number of amides is 7. The Bertz CT molecular complexity index is 2390. The highest BCUT2D eigenvalue weighted by Gasteiger charge is 2.49. The van der Waals surface area contributed by atoms with E-state index in [2.05, 4.69) is 25.9 Å². The van der Waals surface area contributed by atoms with Crippen LogP contribution < -0.4 is 35.2 Å². The maximum atomic E-state index is 15.6. The van der Waals surface area contributed by atoms with E-state index in [1.54, 1.807) is 0 Å². The second-order valence-electron chi connectivity index (χ2n) is 15.7. The predicted molar refractivity (Wildman–Crippen MR) is 212 cm³/mol. The summed E-state index contributed by atoms with van der Waals surface area (Å²) in [5.74, 6) is -9.73. The molecule has 2 saturated heterocycles. The zero-order valence-corrected chi connectivity index (χ0v) is 33.7. The van der Waals surface area contributed by atoms with Crippen LogP contribution in [0.4, 0.5) is 36.3 Å². The number of anilines is 4. The van der Waals surface area contributed by atoms with Crippen molar-refractivity contribution in [2.75, 3.05) is 55.5 Å². The van der Waals surface area contributed by atoms with Gasteiger partial charge >= 0.3 is 5.92 Å². The number of ether oxygens (including phenoxy) is 2. The SMILES string of the molecule is COc1cc(C(=O)NC2CCN(C(=O)COc3cccc4c3C(=O)N(C3CCC(=O)NC3=O)C4=O)CC2)c(F)cc1Nc1ncc2c(n1)N(C1CCCC1)CC(F)(F)C(=O)N2C. The Morgan fingerprint density at radius 2 is 1.73 bits per heavy atom. The molecule has 62 heavy (non-hydrogen) atoms. The topological polar surface area (TPSA) is 213 Å². The van der Waals surface area contributed by atoms with E-state index in [-0.39, 0.29) is 83.3 Å². The highest BCUT2D eigenvalue weighted by molar-refractivity contribution is 6.24. The van der Waals surface area contributed by atoms with Crippen molar-refractivity contribution in [3.8, 4) is 11.5 Å². The summed E-state index contributed by atoms with van der Waals surface area (Å²) in [6.07, 6.45) is 4.84. The lowest BCUT2D eigenvalue weighted by Gasteiger charge is -2.32. The Morgan fingerprint density at radius 3 is 2.44 bits per heavy atom. The summed E-state index contributed by atoms with van der Waals surface area (Å²) in [4.78, 5) is 103. The van der Waals surface area contributed by atoms with Gasteiger partial charge in [0.15, 0.2) is 12.4 Å². The summed E-state index contributed by atoms with van der Waals surface area (Å²) in [7, 11) is 2.55. The fourth-order valence-electron chi connectivity index (χ4n) is 8.59. The Labute approximate surface area is 352 Å². The normalized spacial score (nSPS) is 20.5. The van der Waals surface area contributed by atoms with Gasteiger partial charge in [0.25, 0.3) is 29.5 Å². The molecule has 21 heteroatoms. The number of alkyl halides is 2. The number of likely N-dealkylation sites (tertiary alicyclic amines) is 1. The number of benzene rings is 2. The molecule has 3 fully saturated rings. The van der Waals surface area contributed by atoms with Gasteiger partial charge in [0, 0.05) is 44.7 Å². The van der Waals surface area contributed by atoms with Gasteiger partial charge in [-0.15, -0.1) is 0 Å². The summed E-state index contributed by atoms with van der Waals surface area (Å²) < 4.78 is 56.9. The highest BCUT2D eigenvalue weighted by Crippen LogP contribution is 2.40. The van der Waals surface area contributed by atoms with E-state index in [4.69, 9.17) is 9.47 Å². The van der Waals surface area contributed by atoms with Crippen molar-refractivity contribution in [1.29, 1.82) is 0 Å². The molecular weight excluding hydrogens is 819 g/mol. The summed E-state index contributed by atoms with van der Waals surface area (Å²) in [5.41, 5.74) is -0.244. The molecule has 5 aliphatic rings. The van der Waals surface area contributed by atoms with E-state index in [9.17, 15) is 33.6 Å². The van der Waals surface area contributed by atoms with Gasteiger partial charge in [0.05, 0.1) is 42.2 Å². The van der Waals surface area contributed by atoms with Crippen LogP contribution in [-0.4, -0.2) is 126 Å². The van der Waals surface area contributed by atoms with Crippen LogP contribution in [0.3, 0.4) is 0 Å². The molecule has 1 aliphatic carbocycles. The number of methoxy groups -OCH3 is 1. The number of piperidine rings is 2. The molecule has 1 saturated carbocycles. The molecule has 1 aromatic heterocycles. The molecule has 7 amide bonds. The number of hydrogen-bond acceptors (Lipinski definition) is 13. The van der Waals surface area contributed by atoms with Gasteiger partial charge < -0.3 is 34.8 Å². The average Bonchev–Trinajstić information content (AvgIpc) is 3.86. The third kappa shape index (κ3) is 7.81. The standard InChI is InChI=1S/C41H42F3N9O9/c1-50-28-18-45-40(49-34(28)52(22-6-3-4-7-22)20-41(43,44)39(50)60)47-26-17-25(42)24(16-30(26)61-2)35(56)46-21-12-14-51(15-13-21)32(55)19-62-29-9-5-8-23-33(29)38(59)53(37(23)58)27-10-11-31(54)48-36(27)57/h5,8-9,16-18,21-22,27H,3-4,6-7,10-15,19-20H2,1-2H3,(H,46,56)(H,45,47,49)(H,48,54,57). The molecule has 0 spiro atoms. The number of nitrogens with zero attached hydrogens (tertiary/aromatic N) is 6. The number of rotatable bonds is 10. The summed E-state index contributed by atoms with van der Waals surface area (Å²) in [6.45, 7) is -0.887. The predicted octanol–water partition coefficient (Wildman–Crippen LogP) is 2.93. The third-order valence-corrected chi connectivity index (χ3v) is 11.9. The van der Waals surface area contributed by atoms with E-state index in [0.29, 0.717) is 25.7 Å². The molecule has 0 bridgehead atoms. The zero-order valence-electron chi connectivity index (χ0n) is 33.7. The van der Waals surface area contributed by atoms with Gasteiger partial charge in [0.1, 0.15) is 29.0 Å². The lowest BCUT2D eigenvalue weighted by Crippen LogP contribution is -2.54. The number of halogens is 3. The Hall–Kier alpha value is -6.80. The van der Waals surface area contributed by atoms with Gasteiger partial charge in [-0.25, -0.2) is 9.37 Å². The Morgan fingerprint density at radius 1 is 0.984 bits per heavy atom. The number of aromatic nitrogens is 2. The van der Waals surface area contributed by atoms with Crippen molar-refractivity contribution in [3.05, 3.63) is 59.0 Å². The van der Waals surface area contributed by atoms with Crippen molar-refractivity contribution >= 4 is 64.5 Å². The molecule has 18 nitrogen and oxygen atoms in total. The fraction of sp³-hybridized carbons (Fsp3) is 0.439. The molecule has 3 N–H and O–H groups in total. The first-order chi connectivity index (χ1) is 29.6. The molecular formula is C41H42F3N9O9. The first-order valence-corrected chi connectivity index (χ1v) is 20.2. The quantitative estimate of drug-likeness (QED) is 0.251. The summed E-state index contributed by atoms with van der Waals surface area (Å²) in [6, 6.07) is 4.71. The van der Waals surface area contributed by atoms with Gasteiger partial charge in [-0.1, -0.05) is 18.9 Å². The van der Waals surface area contributed by atoms with E-state index in [1.807, 2.05) is 0 Å². The van der Waals surface area contributed by atoms with Crippen LogP contribution in [0.25, 0.3) is 0 Å². The molecule has 4 aliphatic heterocycles. The van der Waals surface area contributed by atoms with Crippen LogP contribution in [0.5, 0.6) is 11.5 Å². The molecule has 326 valence electrons. The van der Waals surface area contributed by atoms with Crippen LogP contribution in [0.2, 0.25) is 0 Å². The van der Waals surface area contributed by atoms with Gasteiger partial charge in [-0.3, -0.25) is 43.8 Å². The van der Waals surface area contributed by atoms with Crippen LogP contribution in [0.15, 0.2) is 36.5 Å². The van der Waals surface area contributed by atoms with Gasteiger partial charge in [0.2, 0.25) is 17.8 Å². The minimum absolute atomic E-state index is 0.00960. The van der Waals surface area contributed by atoms with E-state index < -0.39 is 78.3 Å². The maximum absolute atomic E-state index is 15.6. The van der Waals surface area contributed by atoms with Crippen molar-refractivity contribution in [1.82, 2.24) is 30.4 Å². The highest BCUT2D eigenvalue weighted by atomic mass is 19.3. The molecule has 3 aromatic rings. The number of carbonyl (C=O) groups excluding carboxylic acids is 7. The van der Waals surface area contributed by atoms with E-state index >= 15 is 13.2 Å². The smallest absolute Gasteiger partial charge is 0.342 e. The minimum atomic E-state index is -3.66. The minimum Gasteiger partial charge on any atom is -0.495 e. The number of imide groups is 2. The van der Waals surface area contributed by atoms with Crippen molar-refractivity contribution in [2.24, 2.45) is 0 Å². The van der Waals surface area contributed by atoms with Crippen molar-refractivity contribution in [2.45, 2.75) is 75.4 Å². The molecule has 1 unspecified atom stereocenters. The first kappa shape index (κ1) is 41.9. The second kappa shape index (κ2) is 16.6. The lowest BCUT2D eigenvalue weighted by atomic mass is 10.0. The number of carbonyl (C=O) groups is 7. The third-order valence-electron chi connectivity index (χ3n) is 11.9. The lowest BCUT2D eigenvalue weighted by molar-refractivity contribution is -0.140. The number of fused-ring (bicyclic) bond motifs is 2. The molecule has 8 rings (SSSR count). The Kier molecular flexibility index (Phi) is 11.2. The van der Waals surface area contributed by atoms with Crippen molar-refractivity contribution < 1.29 is 56.2 Å². The summed E-state index contributed by atoms with van der Waals surface area (Å²) in [5, 5.41) is 7.81. The van der Waals surface area contributed by atoms with Crippen molar-refractivity contribution in [3.63, 3.8) is 0 Å². The molecule has 0 radical (unpaired) electrons. The van der Waals surface area contributed by atoms with Crippen LogP contribution >= 0.6 is 0 Å². The van der Waals surface area contributed by atoms with Crippen LogP contribution in [0, 0.1) is 5.82 Å². The molecule has 5 heterocycles. The number of nitrogens with one attached hydrogen (secondary N) is 3. The largest absolute Gasteiger partial charge is 0.495 e. The van der Waals surface area contributed by atoms with Gasteiger partial charge in [-0.2, -0.15) is 13.8 Å². The maximum Gasteiger partial charge on any atom is 0.342 e. The average molecular weight is 862 g/mol. The molecule has 1 atom stereocenters.